The summed E-state index contributed by atoms with van der Waals surface area (Å²) < 4.78 is 27.4. The Morgan fingerprint density at radius 3 is 2.60 bits per heavy atom. The number of thiophene rings is 1. The molecule has 1 N–H and O–H groups in total. The van der Waals surface area contributed by atoms with E-state index < -0.39 is 10.0 Å². The van der Waals surface area contributed by atoms with Gasteiger partial charge in [0.15, 0.2) is 0 Å². The molecule has 0 amide bonds. The van der Waals surface area contributed by atoms with Crippen LogP contribution in [0.25, 0.3) is 0 Å². The fourth-order valence-electron chi connectivity index (χ4n) is 1.78. The molecule has 0 unspecified atom stereocenters. The lowest BCUT2D eigenvalue weighted by atomic mass is 10.2. The van der Waals surface area contributed by atoms with Gasteiger partial charge in [-0.1, -0.05) is 29.3 Å². The van der Waals surface area contributed by atoms with Crippen molar-refractivity contribution in [3.05, 3.63) is 49.6 Å². The predicted octanol–water partition coefficient (Wildman–Crippen LogP) is 4.15. The molecule has 7 heteroatoms. The third-order valence-corrected chi connectivity index (χ3v) is 6.31. The maximum Gasteiger partial charge on any atom is 0.242 e. The van der Waals surface area contributed by atoms with E-state index in [1.54, 1.807) is 19.9 Å². The monoisotopic (exact) mass is 349 g/mol. The summed E-state index contributed by atoms with van der Waals surface area (Å²) in [6.07, 6.45) is 0. The summed E-state index contributed by atoms with van der Waals surface area (Å²) >= 11 is 13.7. The second-order valence-electron chi connectivity index (χ2n) is 4.35. The molecule has 1 heterocycles. The third kappa shape index (κ3) is 3.18. The molecule has 3 nitrogen and oxygen atoms in total. The Balaban J connectivity index is 2.39. The summed E-state index contributed by atoms with van der Waals surface area (Å²) in [4.78, 5) is 0.988. The molecule has 0 saturated carbocycles. The largest absolute Gasteiger partial charge is 0.242 e. The fourth-order valence-corrected chi connectivity index (χ4v) is 4.74. The highest BCUT2D eigenvalue weighted by molar-refractivity contribution is 7.89. The van der Waals surface area contributed by atoms with Crippen LogP contribution in [0.3, 0.4) is 0 Å². The van der Waals surface area contributed by atoms with Crippen molar-refractivity contribution in [2.24, 2.45) is 0 Å². The first-order chi connectivity index (χ1) is 9.33. The number of sulfonamides is 1. The second-order valence-corrected chi connectivity index (χ2v) is 7.87. The Labute approximate surface area is 132 Å². The number of aryl methyl sites for hydroxylation is 1. The van der Waals surface area contributed by atoms with E-state index in [2.05, 4.69) is 4.72 Å². The highest BCUT2D eigenvalue weighted by Gasteiger charge is 2.23. The lowest BCUT2D eigenvalue weighted by Crippen LogP contribution is -2.24. The zero-order valence-electron chi connectivity index (χ0n) is 10.9. The molecule has 0 aliphatic carbocycles. The van der Waals surface area contributed by atoms with E-state index in [4.69, 9.17) is 23.2 Å². The van der Waals surface area contributed by atoms with Crippen molar-refractivity contribution < 1.29 is 8.42 Å². The van der Waals surface area contributed by atoms with Crippen LogP contribution in [0.5, 0.6) is 0 Å². The van der Waals surface area contributed by atoms with E-state index >= 15 is 0 Å². The highest BCUT2D eigenvalue weighted by atomic mass is 35.5. The Kier molecular flexibility index (Phi) is 4.76. The molecule has 0 fully saturated rings. The van der Waals surface area contributed by atoms with Crippen LogP contribution in [0, 0.1) is 13.8 Å². The second kappa shape index (κ2) is 6.03. The molecule has 0 saturated heterocycles. The molecule has 2 rings (SSSR count). The molecular formula is C13H13Cl2NO2S2. The van der Waals surface area contributed by atoms with Gasteiger partial charge in [-0.15, -0.1) is 11.3 Å². The average Bonchev–Trinajstić information content (AvgIpc) is 2.87. The Hall–Kier alpha value is -0.590. The minimum Gasteiger partial charge on any atom is -0.207 e. The van der Waals surface area contributed by atoms with Gasteiger partial charge in [0, 0.05) is 16.4 Å². The van der Waals surface area contributed by atoms with Crippen molar-refractivity contribution in [1.29, 1.82) is 0 Å². The van der Waals surface area contributed by atoms with Crippen molar-refractivity contribution in [2.45, 2.75) is 25.3 Å². The first kappa shape index (κ1) is 15.8. The summed E-state index contributed by atoms with van der Waals surface area (Å²) in [5.74, 6) is 0. The van der Waals surface area contributed by atoms with Gasteiger partial charge in [-0.2, -0.15) is 0 Å². The predicted molar refractivity (Wildman–Crippen MR) is 84.3 cm³/mol. The average molecular weight is 350 g/mol. The van der Waals surface area contributed by atoms with Crippen molar-refractivity contribution in [2.75, 3.05) is 0 Å². The van der Waals surface area contributed by atoms with Crippen LogP contribution in [0.4, 0.5) is 0 Å². The first-order valence-corrected chi connectivity index (χ1v) is 8.92. The SMILES string of the molecule is Cc1cc(Cl)c(C)c(S(=O)(=O)NCc2cccs2)c1Cl. The Morgan fingerprint density at radius 2 is 2.00 bits per heavy atom. The van der Waals surface area contributed by atoms with Crippen LogP contribution in [0.1, 0.15) is 16.0 Å². The van der Waals surface area contributed by atoms with Crippen LogP contribution >= 0.6 is 34.5 Å². The number of halogens is 2. The summed E-state index contributed by atoms with van der Waals surface area (Å²) in [7, 11) is -3.70. The number of hydrogen-bond acceptors (Lipinski definition) is 3. The van der Waals surface area contributed by atoms with Crippen molar-refractivity contribution in [3.8, 4) is 0 Å². The molecule has 0 spiro atoms. The van der Waals surface area contributed by atoms with Crippen LogP contribution in [-0.4, -0.2) is 8.42 Å². The Morgan fingerprint density at radius 1 is 1.30 bits per heavy atom. The van der Waals surface area contributed by atoms with Gasteiger partial charge < -0.3 is 0 Å². The van der Waals surface area contributed by atoms with Crippen molar-refractivity contribution in [3.63, 3.8) is 0 Å². The van der Waals surface area contributed by atoms with Crippen LogP contribution in [-0.2, 0) is 16.6 Å². The molecule has 20 heavy (non-hydrogen) atoms. The maximum absolute atomic E-state index is 12.4. The smallest absolute Gasteiger partial charge is 0.207 e. The van der Waals surface area contributed by atoms with E-state index in [0.29, 0.717) is 16.1 Å². The van der Waals surface area contributed by atoms with E-state index in [9.17, 15) is 8.42 Å². The topological polar surface area (TPSA) is 46.2 Å². The summed E-state index contributed by atoms with van der Waals surface area (Å²) in [5, 5.41) is 2.50. The molecule has 108 valence electrons. The van der Waals surface area contributed by atoms with E-state index in [1.807, 2.05) is 17.5 Å². The van der Waals surface area contributed by atoms with Gasteiger partial charge in [0.05, 0.1) is 5.02 Å². The standard InChI is InChI=1S/C13H13Cl2NO2S2/c1-8-6-11(14)9(2)13(12(8)15)20(17,18)16-7-10-4-3-5-19-10/h3-6,16H,7H2,1-2H3. The van der Waals surface area contributed by atoms with Gasteiger partial charge in [-0.05, 0) is 42.5 Å². The fraction of sp³-hybridized carbons (Fsp3) is 0.231. The molecule has 0 atom stereocenters. The van der Waals surface area contributed by atoms with E-state index in [0.717, 1.165) is 4.88 Å². The third-order valence-electron chi connectivity index (χ3n) is 2.87. The number of nitrogens with one attached hydrogen (secondary N) is 1. The van der Waals surface area contributed by atoms with Crippen molar-refractivity contribution >= 4 is 44.6 Å². The minimum atomic E-state index is -3.70. The summed E-state index contributed by atoms with van der Waals surface area (Å²) in [6, 6.07) is 5.40. The first-order valence-electron chi connectivity index (χ1n) is 5.80. The molecule has 0 aliphatic rings. The van der Waals surface area contributed by atoms with E-state index in [-0.39, 0.29) is 16.5 Å². The van der Waals surface area contributed by atoms with Crippen molar-refractivity contribution in [1.82, 2.24) is 4.72 Å². The Bertz CT molecular complexity index is 699. The van der Waals surface area contributed by atoms with Gasteiger partial charge >= 0.3 is 0 Å². The van der Waals surface area contributed by atoms with Gasteiger partial charge in [0.25, 0.3) is 0 Å². The zero-order valence-corrected chi connectivity index (χ0v) is 14.1. The number of rotatable bonds is 4. The lowest BCUT2D eigenvalue weighted by molar-refractivity contribution is 0.581. The van der Waals surface area contributed by atoms with Crippen LogP contribution in [0.2, 0.25) is 10.0 Å². The van der Waals surface area contributed by atoms with Gasteiger partial charge in [-0.3, -0.25) is 0 Å². The molecule has 0 aliphatic heterocycles. The summed E-state index contributed by atoms with van der Waals surface area (Å²) in [6.45, 7) is 3.61. The zero-order chi connectivity index (χ0) is 14.9. The van der Waals surface area contributed by atoms with E-state index in [1.165, 1.54) is 11.3 Å². The molecule has 0 bridgehead atoms. The van der Waals surface area contributed by atoms with Gasteiger partial charge in [0.2, 0.25) is 10.0 Å². The molecular weight excluding hydrogens is 337 g/mol. The van der Waals surface area contributed by atoms with Gasteiger partial charge in [0.1, 0.15) is 4.90 Å². The number of hydrogen-bond donors (Lipinski definition) is 1. The maximum atomic E-state index is 12.4. The summed E-state index contributed by atoms with van der Waals surface area (Å²) in [5.41, 5.74) is 1.10. The molecule has 1 aromatic carbocycles. The lowest BCUT2D eigenvalue weighted by Gasteiger charge is -2.13. The number of benzene rings is 1. The van der Waals surface area contributed by atoms with Crippen LogP contribution < -0.4 is 4.72 Å². The molecule has 1 aromatic heterocycles. The molecule has 0 radical (unpaired) electrons. The van der Waals surface area contributed by atoms with Crippen LogP contribution in [0.15, 0.2) is 28.5 Å². The minimum absolute atomic E-state index is 0.0562. The van der Waals surface area contributed by atoms with Gasteiger partial charge in [-0.25, -0.2) is 13.1 Å². The quantitative estimate of drug-likeness (QED) is 0.900. The molecule has 2 aromatic rings. The normalized spacial score (nSPS) is 11.8. The highest BCUT2D eigenvalue weighted by Crippen LogP contribution is 2.33.